The summed E-state index contributed by atoms with van der Waals surface area (Å²) in [6.07, 6.45) is 3.15. The number of piperidine rings is 1. The van der Waals surface area contributed by atoms with E-state index >= 15 is 0 Å². The highest BCUT2D eigenvalue weighted by Gasteiger charge is 2.24. The van der Waals surface area contributed by atoms with Gasteiger partial charge < -0.3 is 5.73 Å². The number of thiazole rings is 1. The normalized spacial score (nSPS) is 26.5. The number of aromatic nitrogens is 1. The second kappa shape index (κ2) is 5.27. The molecule has 0 radical (unpaired) electrons. The van der Waals surface area contributed by atoms with Crippen LogP contribution in [0.15, 0.2) is 6.20 Å². The molecule has 1 aliphatic rings. The maximum Gasteiger partial charge on any atom is 0.107 e. The Labute approximate surface area is 114 Å². The summed E-state index contributed by atoms with van der Waals surface area (Å²) in [4.78, 5) is 8.43. The molecule has 1 aromatic rings. The zero-order valence-electron chi connectivity index (χ0n) is 11.9. The molecule has 2 N–H and O–H groups in total. The van der Waals surface area contributed by atoms with Gasteiger partial charge in [-0.2, -0.15) is 0 Å². The zero-order chi connectivity index (χ0) is 13.3. The number of nitrogens with zero attached hydrogens (tertiary/aromatic N) is 2. The molecule has 0 aromatic carbocycles. The van der Waals surface area contributed by atoms with Crippen LogP contribution in [-0.4, -0.2) is 29.0 Å². The maximum atomic E-state index is 6.06. The van der Waals surface area contributed by atoms with E-state index in [0.717, 1.165) is 26.1 Å². The first kappa shape index (κ1) is 14.0. The van der Waals surface area contributed by atoms with E-state index in [4.69, 9.17) is 5.73 Å². The standard InChI is InChI=1S/C14H25N3S/c1-10-8-17(6-5-11(10)15)9-13-16-7-12(18-13)14(2,3)4/h7,10-11H,5-6,8-9,15H2,1-4H3. The first-order valence-electron chi connectivity index (χ1n) is 6.79. The highest BCUT2D eigenvalue weighted by atomic mass is 32.1. The van der Waals surface area contributed by atoms with Crippen LogP contribution in [0.3, 0.4) is 0 Å². The molecular formula is C14H25N3S. The fourth-order valence-electron chi connectivity index (χ4n) is 2.32. The van der Waals surface area contributed by atoms with Gasteiger partial charge in [0.15, 0.2) is 0 Å². The predicted octanol–water partition coefficient (Wildman–Crippen LogP) is 2.61. The van der Waals surface area contributed by atoms with Crippen LogP contribution in [0, 0.1) is 5.92 Å². The van der Waals surface area contributed by atoms with Crippen LogP contribution in [0.4, 0.5) is 0 Å². The van der Waals surface area contributed by atoms with Gasteiger partial charge >= 0.3 is 0 Å². The largest absolute Gasteiger partial charge is 0.327 e. The number of hydrogen-bond donors (Lipinski definition) is 1. The molecule has 2 heterocycles. The third kappa shape index (κ3) is 3.31. The van der Waals surface area contributed by atoms with Crippen LogP contribution >= 0.6 is 11.3 Å². The van der Waals surface area contributed by atoms with Crippen LogP contribution in [-0.2, 0) is 12.0 Å². The minimum atomic E-state index is 0.216. The maximum absolute atomic E-state index is 6.06. The topological polar surface area (TPSA) is 42.2 Å². The molecule has 1 aliphatic heterocycles. The van der Waals surface area contributed by atoms with E-state index in [-0.39, 0.29) is 5.41 Å². The number of hydrogen-bond acceptors (Lipinski definition) is 4. The zero-order valence-corrected chi connectivity index (χ0v) is 12.8. The third-order valence-corrected chi connectivity index (χ3v) is 5.12. The second-order valence-electron chi connectivity index (χ2n) is 6.53. The summed E-state index contributed by atoms with van der Waals surface area (Å²) >= 11 is 1.85. The van der Waals surface area contributed by atoms with E-state index in [1.165, 1.54) is 9.88 Å². The monoisotopic (exact) mass is 267 g/mol. The molecule has 1 fully saturated rings. The van der Waals surface area contributed by atoms with Gasteiger partial charge in [0.25, 0.3) is 0 Å². The molecule has 3 nitrogen and oxygen atoms in total. The summed E-state index contributed by atoms with van der Waals surface area (Å²) in [7, 11) is 0. The lowest BCUT2D eigenvalue weighted by Crippen LogP contribution is -2.45. The van der Waals surface area contributed by atoms with Crippen molar-refractivity contribution in [2.75, 3.05) is 13.1 Å². The highest BCUT2D eigenvalue weighted by Crippen LogP contribution is 2.28. The average molecular weight is 267 g/mol. The van der Waals surface area contributed by atoms with Gasteiger partial charge in [-0.1, -0.05) is 27.7 Å². The molecule has 2 rings (SSSR count). The van der Waals surface area contributed by atoms with Crippen LogP contribution in [0.2, 0.25) is 0 Å². The van der Waals surface area contributed by atoms with E-state index in [1.807, 2.05) is 17.5 Å². The van der Waals surface area contributed by atoms with Crippen LogP contribution in [0.5, 0.6) is 0 Å². The lowest BCUT2D eigenvalue weighted by atomic mass is 9.95. The lowest BCUT2D eigenvalue weighted by molar-refractivity contribution is 0.157. The average Bonchev–Trinajstić information content (AvgIpc) is 2.72. The van der Waals surface area contributed by atoms with Crippen molar-refractivity contribution >= 4 is 11.3 Å². The van der Waals surface area contributed by atoms with Gasteiger partial charge in [-0.15, -0.1) is 11.3 Å². The van der Waals surface area contributed by atoms with Crippen molar-refractivity contribution in [2.24, 2.45) is 11.7 Å². The van der Waals surface area contributed by atoms with Gasteiger partial charge in [-0.05, 0) is 17.8 Å². The van der Waals surface area contributed by atoms with Crippen molar-refractivity contribution < 1.29 is 0 Å². The minimum absolute atomic E-state index is 0.216. The molecule has 18 heavy (non-hydrogen) atoms. The van der Waals surface area contributed by atoms with Crippen LogP contribution < -0.4 is 5.73 Å². The Morgan fingerprint density at radius 1 is 1.50 bits per heavy atom. The van der Waals surface area contributed by atoms with Gasteiger partial charge in [-0.25, -0.2) is 4.98 Å². The van der Waals surface area contributed by atoms with E-state index in [1.54, 1.807) is 0 Å². The lowest BCUT2D eigenvalue weighted by Gasteiger charge is -2.34. The summed E-state index contributed by atoms with van der Waals surface area (Å²) in [6.45, 7) is 12.2. The van der Waals surface area contributed by atoms with E-state index in [9.17, 15) is 0 Å². The first-order chi connectivity index (χ1) is 8.36. The molecule has 1 aromatic heterocycles. The van der Waals surface area contributed by atoms with Gasteiger partial charge in [-0.3, -0.25) is 4.90 Å². The van der Waals surface area contributed by atoms with Crippen molar-refractivity contribution in [3.8, 4) is 0 Å². The van der Waals surface area contributed by atoms with Crippen LogP contribution in [0.25, 0.3) is 0 Å². The highest BCUT2D eigenvalue weighted by molar-refractivity contribution is 7.11. The molecule has 4 heteroatoms. The SMILES string of the molecule is CC1CN(Cc2ncc(C(C)(C)C)s2)CCC1N. The van der Waals surface area contributed by atoms with Gasteiger partial charge in [0, 0.05) is 30.2 Å². The molecular weight excluding hydrogens is 242 g/mol. The van der Waals surface area contributed by atoms with Crippen molar-refractivity contribution in [3.63, 3.8) is 0 Å². The van der Waals surface area contributed by atoms with Gasteiger partial charge in [0.1, 0.15) is 5.01 Å². The third-order valence-electron chi connectivity index (χ3n) is 3.71. The molecule has 0 spiro atoms. The van der Waals surface area contributed by atoms with Crippen molar-refractivity contribution in [1.82, 2.24) is 9.88 Å². The molecule has 2 unspecified atom stereocenters. The fourth-order valence-corrected chi connectivity index (χ4v) is 3.33. The minimum Gasteiger partial charge on any atom is -0.327 e. The Balaban J connectivity index is 1.96. The van der Waals surface area contributed by atoms with Crippen molar-refractivity contribution in [3.05, 3.63) is 16.1 Å². The van der Waals surface area contributed by atoms with E-state index in [2.05, 4.69) is 37.6 Å². The summed E-state index contributed by atoms with van der Waals surface area (Å²) in [5.74, 6) is 0.598. The fraction of sp³-hybridized carbons (Fsp3) is 0.786. The Kier molecular flexibility index (Phi) is 4.09. The van der Waals surface area contributed by atoms with Crippen molar-refractivity contribution in [2.45, 2.75) is 52.1 Å². The second-order valence-corrected chi connectivity index (χ2v) is 7.65. The van der Waals surface area contributed by atoms with Gasteiger partial charge in [0.05, 0.1) is 6.54 Å². The molecule has 0 bridgehead atoms. The number of likely N-dealkylation sites (tertiary alicyclic amines) is 1. The molecule has 1 saturated heterocycles. The quantitative estimate of drug-likeness (QED) is 0.895. The van der Waals surface area contributed by atoms with E-state index in [0.29, 0.717) is 12.0 Å². The summed E-state index contributed by atoms with van der Waals surface area (Å²) in [6, 6.07) is 0.377. The Morgan fingerprint density at radius 2 is 2.22 bits per heavy atom. The van der Waals surface area contributed by atoms with Gasteiger partial charge in [0.2, 0.25) is 0 Å². The molecule has 0 aliphatic carbocycles. The summed E-state index contributed by atoms with van der Waals surface area (Å²) in [5.41, 5.74) is 6.27. The summed E-state index contributed by atoms with van der Waals surface area (Å²) < 4.78 is 0. The van der Waals surface area contributed by atoms with Crippen molar-refractivity contribution in [1.29, 1.82) is 0 Å². The first-order valence-corrected chi connectivity index (χ1v) is 7.61. The van der Waals surface area contributed by atoms with E-state index < -0.39 is 0 Å². The molecule has 0 saturated carbocycles. The Morgan fingerprint density at radius 3 is 2.78 bits per heavy atom. The predicted molar refractivity (Wildman–Crippen MR) is 77.8 cm³/mol. The Bertz CT molecular complexity index is 394. The number of nitrogens with two attached hydrogens (primary N) is 1. The molecule has 0 amide bonds. The smallest absolute Gasteiger partial charge is 0.107 e. The molecule has 102 valence electrons. The summed E-state index contributed by atoms with van der Waals surface area (Å²) in [5, 5.41) is 1.24. The van der Waals surface area contributed by atoms with Crippen LogP contribution in [0.1, 0.15) is 44.0 Å². The molecule has 2 atom stereocenters. The number of rotatable bonds is 2. The Hall–Kier alpha value is -0.450.